The number of thiazole rings is 1. The monoisotopic (exact) mass is 569 g/mol. The normalized spacial score (nSPS) is 11.8. The molecule has 198 valence electrons. The molecular weight excluding hydrogens is 553 g/mol. The SMILES string of the molecule is N#Cc1cc(S(=O)(=O)Nc2nccs2)ccc1Oc1ccc(-c2cc(C(F)(F)F)nn2CCCF)cc1F. The quantitative estimate of drug-likeness (QED) is 0.248. The molecule has 0 bridgehead atoms. The van der Waals surface area contributed by atoms with Gasteiger partial charge in [0.05, 0.1) is 22.8 Å². The van der Waals surface area contributed by atoms with Crippen LogP contribution in [0.1, 0.15) is 17.7 Å². The number of nitrogens with zero attached hydrogens (tertiary/aromatic N) is 4. The van der Waals surface area contributed by atoms with Crippen LogP contribution < -0.4 is 9.46 Å². The van der Waals surface area contributed by atoms with Gasteiger partial charge in [-0.25, -0.2) is 17.8 Å². The summed E-state index contributed by atoms with van der Waals surface area (Å²) < 4.78 is 101. The van der Waals surface area contributed by atoms with Crippen LogP contribution in [0, 0.1) is 17.1 Å². The van der Waals surface area contributed by atoms with Crippen molar-refractivity contribution in [1.82, 2.24) is 14.8 Å². The second-order valence-electron chi connectivity index (χ2n) is 7.64. The lowest BCUT2D eigenvalue weighted by atomic mass is 10.1. The molecule has 0 unspecified atom stereocenters. The van der Waals surface area contributed by atoms with Crippen LogP contribution in [0.4, 0.5) is 27.1 Å². The predicted molar refractivity (Wildman–Crippen MR) is 127 cm³/mol. The molecule has 4 rings (SSSR count). The highest BCUT2D eigenvalue weighted by atomic mass is 32.2. The molecule has 1 N–H and O–H groups in total. The Balaban J connectivity index is 1.61. The summed E-state index contributed by atoms with van der Waals surface area (Å²) in [6.45, 7) is -0.927. The molecule has 0 saturated heterocycles. The second-order valence-corrected chi connectivity index (χ2v) is 10.2. The van der Waals surface area contributed by atoms with Crippen LogP contribution in [-0.4, -0.2) is 29.9 Å². The molecule has 0 fully saturated rings. The number of halogens is 5. The number of aryl methyl sites for hydroxylation is 1. The lowest BCUT2D eigenvalue weighted by molar-refractivity contribution is -0.141. The summed E-state index contributed by atoms with van der Waals surface area (Å²) in [5, 5.41) is 14.7. The van der Waals surface area contributed by atoms with Crippen LogP contribution >= 0.6 is 11.3 Å². The van der Waals surface area contributed by atoms with E-state index >= 15 is 0 Å². The number of rotatable bonds is 9. The van der Waals surface area contributed by atoms with Gasteiger partial charge in [0.1, 0.15) is 11.8 Å². The first-order chi connectivity index (χ1) is 18.0. The Morgan fingerprint density at radius 1 is 1.13 bits per heavy atom. The van der Waals surface area contributed by atoms with E-state index in [9.17, 15) is 35.6 Å². The molecule has 38 heavy (non-hydrogen) atoms. The molecule has 8 nitrogen and oxygen atoms in total. The number of ether oxygens (including phenoxy) is 1. The Bertz CT molecular complexity index is 1600. The van der Waals surface area contributed by atoms with Crippen LogP contribution in [0.15, 0.2) is 58.9 Å². The summed E-state index contributed by atoms with van der Waals surface area (Å²) in [6.07, 6.45) is -3.43. The Morgan fingerprint density at radius 3 is 2.53 bits per heavy atom. The first-order valence-corrected chi connectivity index (χ1v) is 13.0. The molecule has 0 amide bonds. The number of benzene rings is 2. The minimum absolute atomic E-state index is 0.0342. The van der Waals surface area contributed by atoms with E-state index in [1.807, 2.05) is 0 Å². The lowest BCUT2D eigenvalue weighted by Crippen LogP contribution is -2.13. The van der Waals surface area contributed by atoms with E-state index in [4.69, 9.17) is 4.74 Å². The number of nitriles is 1. The summed E-state index contributed by atoms with van der Waals surface area (Å²) in [5.74, 6) is -1.49. The van der Waals surface area contributed by atoms with E-state index in [0.717, 1.165) is 46.4 Å². The Morgan fingerprint density at radius 2 is 1.89 bits per heavy atom. The summed E-state index contributed by atoms with van der Waals surface area (Å²) in [6, 6.07) is 9.23. The molecule has 0 radical (unpaired) electrons. The standard InChI is InChI=1S/C23H16F5N5O3S2/c24-6-1-8-33-18(12-21(31-33)23(26,27)28)14-2-4-20(17(25)11-14)36-19-5-3-16(10-15(19)13-29)38(34,35)32-22-30-7-9-37-22/h2-5,7,9-12H,1,6,8H2,(H,30,32). The number of alkyl halides is 4. The van der Waals surface area contributed by atoms with Gasteiger partial charge < -0.3 is 4.74 Å². The fourth-order valence-electron chi connectivity index (χ4n) is 3.33. The third-order valence-electron chi connectivity index (χ3n) is 5.06. The fraction of sp³-hybridized carbons (Fsp3) is 0.174. The minimum atomic E-state index is -4.75. The molecule has 0 aliphatic carbocycles. The van der Waals surface area contributed by atoms with E-state index in [-0.39, 0.29) is 51.3 Å². The molecule has 2 aromatic heterocycles. The van der Waals surface area contributed by atoms with Gasteiger partial charge >= 0.3 is 6.18 Å². The van der Waals surface area contributed by atoms with Gasteiger partial charge in [-0.2, -0.15) is 23.5 Å². The van der Waals surface area contributed by atoms with Crippen LogP contribution in [0.5, 0.6) is 11.5 Å². The van der Waals surface area contributed by atoms with Crippen molar-refractivity contribution in [2.75, 3.05) is 11.4 Å². The topological polar surface area (TPSA) is 110 Å². The second kappa shape index (κ2) is 10.8. The van der Waals surface area contributed by atoms with Crippen molar-refractivity contribution in [3.63, 3.8) is 0 Å². The first-order valence-electron chi connectivity index (χ1n) is 10.7. The van der Waals surface area contributed by atoms with Gasteiger partial charge in [0.2, 0.25) is 0 Å². The number of hydrogen-bond donors (Lipinski definition) is 1. The summed E-state index contributed by atoms with van der Waals surface area (Å²) >= 11 is 1.06. The number of nitrogens with one attached hydrogen (secondary N) is 1. The van der Waals surface area contributed by atoms with E-state index in [0.29, 0.717) is 0 Å². The van der Waals surface area contributed by atoms with Gasteiger partial charge in [-0.1, -0.05) is 0 Å². The number of hydrogen-bond acceptors (Lipinski definition) is 7. The molecule has 2 heterocycles. The highest BCUT2D eigenvalue weighted by Crippen LogP contribution is 2.35. The average Bonchev–Trinajstić information content (AvgIpc) is 3.53. The Labute approximate surface area is 217 Å². The van der Waals surface area contributed by atoms with E-state index in [2.05, 4.69) is 14.8 Å². The van der Waals surface area contributed by atoms with Crippen LogP contribution in [-0.2, 0) is 22.7 Å². The molecule has 4 aromatic rings. The van der Waals surface area contributed by atoms with Gasteiger partial charge in [-0.15, -0.1) is 11.3 Å². The zero-order valence-electron chi connectivity index (χ0n) is 19.0. The highest BCUT2D eigenvalue weighted by Gasteiger charge is 2.35. The average molecular weight is 570 g/mol. The number of aromatic nitrogens is 3. The van der Waals surface area contributed by atoms with Gasteiger partial charge in [-0.05, 0) is 48.9 Å². The predicted octanol–water partition coefficient (Wildman–Crippen LogP) is 5.99. The smallest absolute Gasteiger partial charge is 0.435 e. The first kappa shape index (κ1) is 27.0. The maximum absolute atomic E-state index is 14.9. The maximum Gasteiger partial charge on any atom is 0.435 e. The van der Waals surface area contributed by atoms with E-state index < -0.39 is 34.4 Å². The van der Waals surface area contributed by atoms with Crippen molar-refractivity contribution >= 4 is 26.5 Å². The van der Waals surface area contributed by atoms with Crippen molar-refractivity contribution in [3.05, 3.63) is 71.1 Å². The van der Waals surface area contributed by atoms with Crippen molar-refractivity contribution in [3.8, 4) is 28.8 Å². The molecule has 0 aliphatic rings. The van der Waals surface area contributed by atoms with Crippen molar-refractivity contribution in [2.45, 2.75) is 24.0 Å². The van der Waals surface area contributed by atoms with Gasteiger partial charge in [0.25, 0.3) is 10.0 Å². The van der Waals surface area contributed by atoms with Gasteiger partial charge in [0.15, 0.2) is 22.4 Å². The lowest BCUT2D eigenvalue weighted by Gasteiger charge is -2.12. The molecule has 15 heteroatoms. The van der Waals surface area contributed by atoms with Crippen LogP contribution in [0.2, 0.25) is 0 Å². The van der Waals surface area contributed by atoms with E-state index in [1.54, 1.807) is 11.4 Å². The zero-order chi connectivity index (χ0) is 27.5. The number of sulfonamides is 1. The Kier molecular flexibility index (Phi) is 7.65. The summed E-state index contributed by atoms with van der Waals surface area (Å²) in [7, 11) is -4.06. The molecule has 2 aromatic carbocycles. The third-order valence-corrected chi connectivity index (χ3v) is 7.21. The van der Waals surface area contributed by atoms with Crippen LogP contribution in [0.25, 0.3) is 11.3 Å². The summed E-state index contributed by atoms with van der Waals surface area (Å²) in [5.41, 5.74) is -1.46. The largest absolute Gasteiger partial charge is 0.453 e. The third kappa shape index (κ3) is 5.92. The molecule has 0 spiro atoms. The number of anilines is 1. The zero-order valence-corrected chi connectivity index (χ0v) is 20.7. The highest BCUT2D eigenvalue weighted by molar-refractivity contribution is 7.93. The molecule has 0 atom stereocenters. The summed E-state index contributed by atoms with van der Waals surface area (Å²) in [4.78, 5) is 3.58. The fourth-order valence-corrected chi connectivity index (χ4v) is 5.14. The van der Waals surface area contributed by atoms with Gasteiger partial charge in [0, 0.05) is 23.7 Å². The molecular formula is C23H16F5N5O3S2. The maximum atomic E-state index is 14.9. The van der Waals surface area contributed by atoms with Gasteiger partial charge in [-0.3, -0.25) is 13.8 Å². The molecule has 0 aliphatic heterocycles. The van der Waals surface area contributed by atoms with Crippen molar-refractivity contribution < 1.29 is 35.1 Å². The van der Waals surface area contributed by atoms with Crippen molar-refractivity contribution in [2.24, 2.45) is 0 Å². The minimum Gasteiger partial charge on any atom is -0.453 e. The molecule has 0 saturated carbocycles. The van der Waals surface area contributed by atoms with Crippen molar-refractivity contribution in [1.29, 1.82) is 5.26 Å². The van der Waals surface area contributed by atoms with Crippen LogP contribution in [0.3, 0.4) is 0 Å². The van der Waals surface area contributed by atoms with E-state index in [1.165, 1.54) is 18.3 Å². The Hall–Kier alpha value is -4.03.